The number of carbonyl (C=O) groups is 1. The van der Waals surface area contributed by atoms with Crippen molar-refractivity contribution in [1.82, 2.24) is 0 Å². The molecule has 12 nitrogen and oxygen atoms in total. The van der Waals surface area contributed by atoms with Crippen molar-refractivity contribution >= 4 is 5.97 Å². The number of esters is 1. The van der Waals surface area contributed by atoms with Gasteiger partial charge in [-0.3, -0.25) is 4.79 Å². The third-order valence-corrected chi connectivity index (χ3v) is 6.12. The quantitative estimate of drug-likeness (QED) is 0.122. The van der Waals surface area contributed by atoms with Crippen molar-refractivity contribution in [3.05, 3.63) is 0 Å². The molecule has 2 aliphatic rings. The van der Waals surface area contributed by atoms with Crippen molar-refractivity contribution < 1.29 is 59.1 Å². The van der Waals surface area contributed by atoms with E-state index in [-0.39, 0.29) is 19.0 Å². The second kappa shape index (κ2) is 15.2. The lowest BCUT2D eigenvalue weighted by Crippen LogP contribution is -2.62. The molecule has 0 aromatic rings. The Morgan fingerprint density at radius 3 is 2.09 bits per heavy atom. The molecule has 0 aromatic carbocycles. The Kier molecular flexibility index (Phi) is 13.1. The van der Waals surface area contributed by atoms with Gasteiger partial charge in [-0.15, -0.1) is 0 Å². The lowest BCUT2D eigenvalue weighted by molar-refractivity contribution is -0.357. The van der Waals surface area contributed by atoms with E-state index in [0.717, 1.165) is 32.1 Å². The molecule has 0 saturated carbocycles. The van der Waals surface area contributed by atoms with E-state index in [9.17, 15) is 35.4 Å². The molecule has 2 saturated heterocycles. The average molecular weight is 497 g/mol. The van der Waals surface area contributed by atoms with Gasteiger partial charge in [-0.1, -0.05) is 25.7 Å². The molecular weight excluding hydrogens is 456 g/mol. The summed E-state index contributed by atoms with van der Waals surface area (Å²) in [6.45, 7) is -0.771. The van der Waals surface area contributed by atoms with Gasteiger partial charge in [0.15, 0.2) is 12.6 Å². The number of carbonyl (C=O) groups excluding carboxylic acids is 1. The maximum absolute atomic E-state index is 11.1. The minimum absolute atomic E-state index is 0.105. The molecule has 2 heterocycles. The van der Waals surface area contributed by atoms with Crippen LogP contribution in [-0.2, 0) is 28.5 Å². The summed E-state index contributed by atoms with van der Waals surface area (Å²) in [6, 6.07) is 0. The Morgan fingerprint density at radius 1 is 0.824 bits per heavy atom. The van der Waals surface area contributed by atoms with Crippen LogP contribution in [0.15, 0.2) is 0 Å². The molecule has 34 heavy (non-hydrogen) atoms. The third-order valence-electron chi connectivity index (χ3n) is 6.12. The largest absolute Gasteiger partial charge is 0.469 e. The maximum atomic E-state index is 11.1. The monoisotopic (exact) mass is 496 g/mol. The normalized spacial score (nSPS) is 36.4. The van der Waals surface area contributed by atoms with Crippen molar-refractivity contribution in [3.8, 4) is 0 Å². The minimum Gasteiger partial charge on any atom is -0.469 e. The van der Waals surface area contributed by atoms with Crippen LogP contribution in [0, 0.1) is 0 Å². The number of ether oxygens (including phenoxy) is 5. The zero-order chi connectivity index (χ0) is 25.1. The predicted octanol–water partition coefficient (Wildman–Crippen LogP) is -1.44. The molecular formula is C22H40O12. The van der Waals surface area contributed by atoms with Crippen molar-refractivity contribution in [1.29, 1.82) is 0 Å². The number of unbranched alkanes of at least 4 members (excludes halogenated alkanes) is 5. The second-order valence-electron chi connectivity index (χ2n) is 8.72. The number of aliphatic hydroxyl groups is 6. The first-order valence-electron chi connectivity index (χ1n) is 11.9. The summed E-state index contributed by atoms with van der Waals surface area (Å²) in [4.78, 5) is 11.1. The molecule has 0 aliphatic carbocycles. The molecule has 12 heteroatoms. The van der Waals surface area contributed by atoms with Crippen LogP contribution in [0.25, 0.3) is 0 Å². The zero-order valence-corrected chi connectivity index (χ0v) is 19.6. The van der Waals surface area contributed by atoms with E-state index in [2.05, 4.69) is 4.74 Å². The van der Waals surface area contributed by atoms with E-state index in [1.165, 1.54) is 7.11 Å². The van der Waals surface area contributed by atoms with Gasteiger partial charge in [0.05, 0.1) is 26.4 Å². The van der Waals surface area contributed by atoms with Gasteiger partial charge in [-0.2, -0.15) is 0 Å². The van der Waals surface area contributed by atoms with Crippen molar-refractivity contribution in [2.75, 3.05) is 26.9 Å². The highest BCUT2D eigenvalue weighted by atomic mass is 16.8. The fraction of sp³-hybridized carbons (Fsp3) is 0.955. The van der Waals surface area contributed by atoms with E-state index >= 15 is 0 Å². The van der Waals surface area contributed by atoms with Gasteiger partial charge < -0.3 is 54.3 Å². The summed E-state index contributed by atoms with van der Waals surface area (Å²) >= 11 is 0. The summed E-state index contributed by atoms with van der Waals surface area (Å²) in [6.07, 6.45) is -5.54. The molecule has 0 radical (unpaired) electrons. The first kappa shape index (κ1) is 29.3. The van der Waals surface area contributed by atoms with E-state index in [1.807, 2.05) is 0 Å². The molecule has 2 fully saturated rings. The molecule has 0 aromatic heterocycles. The molecule has 0 unspecified atom stereocenters. The molecule has 0 spiro atoms. The Bertz CT molecular complexity index is 578. The van der Waals surface area contributed by atoms with Crippen LogP contribution < -0.4 is 0 Å². The summed E-state index contributed by atoms with van der Waals surface area (Å²) in [5, 5.41) is 59.7. The number of rotatable bonds is 14. The number of hydrogen-bond acceptors (Lipinski definition) is 12. The van der Waals surface area contributed by atoms with Crippen LogP contribution in [0.5, 0.6) is 0 Å². The zero-order valence-electron chi connectivity index (χ0n) is 19.6. The van der Waals surface area contributed by atoms with E-state index < -0.39 is 68.5 Å². The van der Waals surface area contributed by atoms with E-state index in [0.29, 0.717) is 12.8 Å². The molecule has 2 rings (SSSR count). The van der Waals surface area contributed by atoms with Crippen molar-refractivity contribution in [2.24, 2.45) is 0 Å². The predicted molar refractivity (Wildman–Crippen MR) is 115 cm³/mol. The average Bonchev–Trinajstić information content (AvgIpc) is 2.83. The van der Waals surface area contributed by atoms with Gasteiger partial charge in [0, 0.05) is 19.4 Å². The topological polar surface area (TPSA) is 185 Å². The minimum atomic E-state index is -1.50. The molecule has 2 aliphatic heterocycles. The third kappa shape index (κ3) is 8.63. The highest BCUT2D eigenvalue weighted by molar-refractivity contribution is 5.68. The molecule has 0 amide bonds. The van der Waals surface area contributed by atoms with E-state index in [4.69, 9.17) is 18.9 Å². The summed E-state index contributed by atoms with van der Waals surface area (Å²) in [7, 11) is 1.37. The van der Waals surface area contributed by atoms with Crippen LogP contribution in [0.1, 0.15) is 51.4 Å². The maximum Gasteiger partial charge on any atom is 0.305 e. The fourth-order valence-electron chi connectivity index (χ4n) is 4.02. The van der Waals surface area contributed by atoms with Crippen LogP contribution in [0.3, 0.4) is 0 Å². The van der Waals surface area contributed by atoms with Gasteiger partial charge in [0.25, 0.3) is 0 Å². The Morgan fingerprint density at radius 2 is 1.44 bits per heavy atom. The van der Waals surface area contributed by atoms with Gasteiger partial charge in [-0.25, -0.2) is 0 Å². The lowest BCUT2D eigenvalue weighted by atomic mass is 9.98. The van der Waals surface area contributed by atoms with Gasteiger partial charge in [0.2, 0.25) is 0 Å². The SMILES string of the molecule is COC(=O)CCCCCCCCO[C@H]1O[C@H](CO)[C@@H](O)[C@H](O)[C@H]1O[C@H]1O[C@H](CO)[C@H](O)C[C@H]1O. The van der Waals surface area contributed by atoms with Crippen LogP contribution in [0.4, 0.5) is 0 Å². The number of methoxy groups -OCH3 is 1. The van der Waals surface area contributed by atoms with Crippen LogP contribution >= 0.6 is 0 Å². The highest BCUT2D eigenvalue weighted by Crippen LogP contribution is 2.29. The Hall–Kier alpha value is -0.930. The molecule has 0 bridgehead atoms. The summed E-state index contributed by atoms with van der Waals surface area (Å²) < 4.78 is 27.0. The Balaban J connectivity index is 1.82. The van der Waals surface area contributed by atoms with Crippen LogP contribution in [0.2, 0.25) is 0 Å². The van der Waals surface area contributed by atoms with Crippen molar-refractivity contribution in [2.45, 2.75) is 107 Å². The van der Waals surface area contributed by atoms with Crippen molar-refractivity contribution in [3.63, 3.8) is 0 Å². The first-order valence-corrected chi connectivity index (χ1v) is 11.9. The van der Waals surface area contributed by atoms with Crippen LogP contribution in [-0.4, -0.2) is 119 Å². The summed E-state index contributed by atoms with van der Waals surface area (Å²) in [5.74, 6) is -0.208. The first-order chi connectivity index (χ1) is 16.3. The van der Waals surface area contributed by atoms with E-state index in [1.54, 1.807) is 0 Å². The number of hydrogen-bond donors (Lipinski definition) is 6. The lowest BCUT2D eigenvalue weighted by Gasteiger charge is -2.45. The second-order valence-corrected chi connectivity index (χ2v) is 8.72. The molecule has 200 valence electrons. The standard InChI is InChI=1S/C22H40O12/c1-30-17(27)8-6-4-2-3-5-7-9-31-22-20(19(29)18(28)16(12-24)33-22)34-21-14(26)10-13(25)15(11-23)32-21/h13-16,18-26,28-29H,2-12H2,1H3/t13-,14-,15-,16-,18-,19+,20-,21-,22+/m1/s1. The highest BCUT2D eigenvalue weighted by Gasteiger charge is 2.48. The number of aliphatic hydroxyl groups excluding tert-OH is 6. The fourth-order valence-corrected chi connectivity index (χ4v) is 4.02. The van der Waals surface area contributed by atoms with Gasteiger partial charge >= 0.3 is 5.97 Å². The van der Waals surface area contributed by atoms with Gasteiger partial charge in [0.1, 0.15) is 36.6 Å². The Labute approximate surface area is 199 Å². The smallest absolute Gasteiger partial charge is 0.305 e. The van der Waals surface area contributed by atoms with Gasteiger partial charge in [-0.05, 0) is 12.8 Å². The molecule has 9 atom stereocenters. The molecule has 6 N–H and O–H groups in total. The summed E-state index contributed by atoms with van der Waals surface area (Å²) in [5.41, 5.74) is 0.